The molecule has 0 aliphatic heterocycles. The molecule has 0 radical (unpaired) electrons. The van der Waals surface area contributed by atoms with Crippen molar-refractivity contribution in [3.8, 4) is 0 Å². The highest BCUT2D eigenvalue weighted by Gasteiger charge is 2.42. The highest BCUT2D eigenvalue weighted by molar-refractivity contribution is 8.00. The van der Waals surface area contributed by atoms with Crippen molar-refractivity contribution in [2.24, 2.45) is 0 Å². The molecule has 0 aromatic carbocycles. The van der Waals surface area contributed by atoms with Crippen molar-refractivity contribution in [2.75, 3.05) is 12.3 Å². The Morgan fingerprint density at radius 1 is 1.22 bits per heavy atom. The average Bonchev–Trinajstić information content (AvgIpc) is 2.46. The summed E-state index contributed by atoms with van der Waals surface area (Å²) in [5.41, 5.74) is -1.42. The Hall–Kier alpha value is -2.30. The Bertz CT molecular complexity index is 562. The molecule has 1 N–H and O–H groups in total. The Morgan fingerprint density at radius 3 is 2.30 bits per heavy atom. The molecule has 1 aliphatic carbocycles. The first-order valence-electron chi connectivity index (χ1n) is 6.96. The highest BCUT2D eigenvalue weighted by atomic mass is 32.2. The number of thioether (sulfide) groups is 1. The van der Waals surface area contributed by atoms with Gasteiger partial charge < -0.3 is 5.32 Å². The molecule has 11 heteroatoms. The standard InChI is InChI=1S/C12H17N4O6S/c1-3-5-6-13-10-8(14(17)18)7-9(15(19)20)12(23-4-2)11(10)16(21)22/h7,12-13H,3-6H2,1-2H3/q-1. The molecular formula is C12H17N4O6S-. The summed E-state index contributed by atoms with van der Waals surface area (Å²) in [5.74, 6) is 0.392. The Labute approximate surface area is 136 Å². The zero-order valence-corrected chi connectivity index (χ0v) is 13.5. The molecule has 23 heavy (non-hydrogen) atoms. The van der Waals surface area contributed by atoms with Crippen LogP contribution in [0.1, 0.15) is 26.7 Å². The fraction of sp³-hybridized carbons (Fsp3) is 0.583. The van der Waals surface area contributed by atoms with Gasteiger partial charge in [-0.1, -0.05) is 26.3 Å². The minimum atomic E-state index is -1.15. The zero-order chi connectivity index (χ0) is 17.6. The van der Waals surface area contributed by atoms with Crippen LogP contribution in [0.25, 0.3) is 0 Å². The summed E-state index contributed by atoms with van der Waals surface area (Å²) in [6.07, 6.45) is 2.27. The van der Waals surface area contributed by atoms with Crippen LogP contribution >= 0.6 is 11.8 Å². The Balaban J connectivity index is 3.42. The maximum atomic E-state index is 11.4. The third-order valence-electron chi connectivity index (χ3n) is 3.08. The topological polar surface area (TPSA) is 141 Å². The minimum absolute atomic E-state index is 0.245. The summed E-state index contributed by atoms with van der Waals surface area (Å²) in [4.78, 5) is 31.4. The quantitative estimate of drug-likeness (QED) is 0.289. The van der Waals surface area contributed by atoms with E-state index in [1.807, 2.05) is 6.92 Å². The summed E-state index contributed by atoms with van der Waals surface area (Å²) in [6.45, 7) is 3.92. The van der Waals surface area contributed by atoms with Crippen molar-refractivity contribution in [1.29, 1.82) is 0 Å². The molecule has 0 amide bonds. The molecule has 1 atom stereocenters. The van der Waals surface area contributed by atoms with Gasteiger partial charge in [0.05, 0.1) is 4.92 Å². The van der Waals surface area contributed by atoms with Gasteiger partial charge >= 0.3 is 0 Å². The normalized spacial score (nSPS) is 17.7. The first-order chi connectivity index (χ1) is 10.8. The van der Waals surface area contributed by atoms with E-state index < -0.39 is 37.5 Å². The van der Waals surface area contributed by atoms with E-state index in [1.54, 1.807) is 6.92 Å². The van der Waals surface area contributed by atoms with Gasteiger partial charge in [-0.25, -0.2) is 0 Å². The lowest BCUT2D eigenvalue weighted by Gasteiger charge is -2.28. The van der Waals surface area contributed by atoms with E-state index >= 15 is 0 Å². The summed E-state index contributed by atoms with van der Waals surface area (Å²) >= 11 is 0.996. The van der Waals surface area contributed by atoms with Gasteiger partial charge in [0.15, 0.2) is 5.70 Å². The van der Waals surface area contributed by atoms with E-state index in [2.05, 4.69) is 5.32 Å². The van der Waals surface area contributed by atoms with Gasteiger partial charge in [-0.2, -0.15) is 11.8 Å². The third kappa shape index (κ3) is 4.34. The van der Waals surface area contributed by atoms with Gasteiger partial charge in [0, 0.05) is 6.54 Å². The van der Waals surface area contributed by atoms with Crippen molar-refractivity contribution in [1.82, 2.24) is 5.32 Å². The summed E-state index contributed by atoms with van der Waals surface area (Å²) < 4.78 is 0. The zero-order valence-electron chi connectivity index (χ0n) is 12.7. The Kier molecular flexibility index (Phi) is 6.82. The van der Waals surface area contributed by atoms with Crippen LogP contribution in [0.4, 0.5) is 0 Å². The molecule has 1 aliphatic rings. The lowest BCUT2D eigenvalue weighted by Crippen LogP contribution is -2.36. The monoisotopic (exact) mass is 345 g/mol. The molecule has 0 saturated heterocycles. The van der Waals surface area contributed by atoms with E-state index in [4.69, 9.17) is 0 Å². The molecule has 0 saturated carbocycles. The van der Waals surface area contributed by atoms with Crippen molar-refractivity contribution in [2.45, 2.75) is 31.9 Å². The predicted molar refractivity (Wildman–Crippen MR) is 84.2 cm³/mol. The maximum Gasteiger partial charge on any atom is 0.264 e. The van der Waals surface area contributed by atoms with E-state index in [0.29, 0.717) is 18.7 Å². The second kappa shape index (κ2) is 8.36. The van der Waals surface area contributed by atoms with Crippen molar-refractivity contribution in [3.05, 3.63) is 59.6 Å². The number of nitro groups is 3. The molecule has 1 rings (SSSR count). The SMILES string of the molecule is CCCCNC1=C([N+](=O)[O-])C(SCC)[C-]([N+](=O)[O-])C=C1[N+](=O)[O-]. The third-order valence-corrected chi connectivity index (χ3v) is 4.21. The lowest BCUT2D eigenvalue weighted by molar-refractivity contribution is -0.477. The first kappa shape index (κ1) is 18.7. The van der Waals surface area contributed by atoms with E-state index in [9.17, 15) is 30.3 Å². The molecule has 0 spiro atoms. The van der Waals surface area contributed by atoms with Gasteiger partial charge in [0.2, 0.25) is 0 Å². The molecule has 10 nitrogen and oxygen atoms in total. The second-order valence-electron chi connectivity index (χ2n) is 4.60. The number of nitrogens with zero attached hydrogens (tertiary/aromatic N) is 3. The predicted octanol–water partition coefficient (Wildman–Crippen LogP) is 1.97. The van der Waals surface area contributed by atoms with Crippen LogP contribution in [0.15, 0.2) is 23.2 Å². The second-order valence-corrected chi connectivity index (χ2v) is 5.98. The molecule has 0 heterocycles. The smallest absolute Gasteiger partial charge is 0.264 e. The molecule has 0 aromatic heterocycles. The van der Waals surface area contributed by atoms with Crippen molar-refractivity contribution >= 4 is 11.8 Å². The summed E-state index contributed by atoms with van der Waals surface area (Å²) in [5, 5.41) is 35.3. The molecule has 0 bridgehead atoms. The summed E-state index contributed by atoms with van der Waals surface area (Å²) in [7, 11) is 0. The van der Waals surface area contributed by atoms with E-state index in [1.165, 1.54) is 0 Å². The van der Waals surface area contributed by atoms with Crippen LogP contribution in [0, 0.1) is 36.4 Å². The van der Waals surface area contributed by atoms with Gasteiger partial charge in [-0.05, 0) is 22.0 Å². The lowest BCUT2D eigenvalue weighted by atomic mass is 10.0. The molecule has 0 aromatic rings. The number of unbranched alkanes of at least 4 members (excludes halogenated alkanes) is 1. The fourth-order valence-electron chi connectivity index (χ4n) is 2.07. The molecule has 128 valence electrons. The molecule has 0 fully saturated rings. The number of rotatable bonds is 9. The molecule has 1 unspecified atom stereocenters. The first-order valence-corrected chi connectivity index (χ1v) is 8.01. The van der Waals surface area contributed by atoms with Gasteiger partial charge in [-0.15, -0.1) is 0 Å². The Morgan fingerprint density at radius 2 is 1.87 bits per heavy atom. The highest BCUT2D eigenvalue weighted by Crippen LogP contribution is 2.38. The average molecular weight is 345 g/mol. The van der Waals surface area contributed by atoms with Crippen molar-refractivity contribution in [3.63, 3.8) is 0 Å². The van der Waals surface area contributed by atoms with Crippen LogP contribution in [0.5, 0.6) is 0 Å². The van der Waals surface area contributed by atoms with Crippen LogP contribution in [-0.2, 0) is 0 Å². The van der Waals surface area contributed by atoms with E-state index in [0.717, 1.165) is 24.3 Å². The van der Waals surface area contributed by atoms with E-state index in [-0.39, 0.29) is 5.70 Å². The number of hydrogen-bond donors (Lipinski definition) is 1. The minimum Gasteiger partial charge on any atom is -0.389 e. The van der Waals surface area contributed by atoms with Crippen LogP contribution in [-0.4, -0.2) is 32.3 Å². The fourth-order valence-corrected chi connectivity index (χ4v) is 3.09. The number of hydrogen-bond acceptors (Lipinski definition) is 8. The largest absolute Gasteiger partial charge is 0.389 e. The summed E-state index contributed by atoms with van der Waals surface area (Å²) in [6, 6.07) is -0.545. The van der Waals surface area contributed by atoms with Gasteiger partial charge in [0.1, 0.15) is 17.0 Å². The van der Waals surface area contributed by atoms with Gasteiger partial charge in [-0.3, -0.25) is 30.3 Å². The maximum absolute atomic E-state index is 11.4. The van der Waals surface area contributed by atoms with Crippen molar-refractivity contribution < 1.29 is 14.8 Å². The van der Waals surface area contributed by atoms with Gasteiger partial charge in [0.25, 0.3) is 5.70 Å². The van der Waals surface area contributed by atoms with Crippen LogP contribution in [0.2, 0.25) is 0 Å². The van der Waals surface area contributed by atoms with Crippen LogP contribution in [0.3, 0.4) is 0 Å². The number of nitrogens with one attached hydrogen (secondary N) is 1. The van der Waals surface area contributed by atoms with Crippen LogP contribution < -0.4 is 5.32 Å². The molecular weight excluding hydrogens is 328 g/mol.